The summed E-state index contributed by atoms with van der Waals surface area (Å²) in [5.74, 6) is -0.428. The summed E-state index contributed by atoms with van der Waals surface area (Å²) < 4.78 is 38.0. The van der Waals surface area contributed by atoms with Crippen molar-refractivity contribution in [3.63, 3.8) is 0 Å². The molecule has 2 aromatic rings. The highest BCUT2D eigenvalue weighted by molar-refractivity contribution is 6.42. The third-order valence-corrected chi connectivity index (χ3v) is 4.24. The molecule has 0 fully saturated rings. The van der Waals surface area contributed by atoms with Gasteiger partial charge >= 0.3 is 6.18 Å². The molecule has 0 atom stereocenters. The van der Waals surface area contributed by atoms with Gasteiger partial charge in [-0.2, -0.15) is 13.2 Å². The van der Waals surface area contributed by atoms with Crippen molar-refractivity contribution in [3.8, 4) is 0 Å². The molecule has 0 aliphatic heterocycles. The number of hydrogen-bond acceptors (Lipinski definition) is 2. The topological polar surface area (TPSA) is 32.3 Å². The van der Waals surface area contributed by atoms with Crippen LogP contribution in [-0.2, 0) is 6.18 Å². The van der Waals surface area contributed by atoms with Gasteiger partial charge in [0.25, 0.3) is 5.91 Å². The van der Waals surface area contributed by atoms with E-state index in [0.29, 0.717) is 23.8 Å². The van der Waals surface area contributed by atoms with E-state index in [9.17, 15) is 18.0 Å². The first-order valence-electron chi connectivity index (χ1n) is 7.33. The molecule has 0 aliphatic rings. The molecule has 1 amide bonds. The lowest BCUT2D eigenvalue weighted by atomic mass is 10.1. The molecule has 0 aliphatic carbocycles. The van der Waals surface area contributed by atoms with Gasteiger partial charge < -0.3 is 10.2 Å². The number of amides is 1. The summed E-state index contributed by atoms with van der Waals surface area (Å²) >= 11 is 11.9. The molecule has 8 heteroatoms. The Kier molecular flexibility index (Phi) is 6.32. The van der Waals surface area contributed by atoms with E-state index in [1.54, 1.807) is 25.2 Å². The van der Waals surface area contributed by atoms with Gasteiger partial charge in [-0.15, -0.1) is 0 Å². The molecule has 25 heavy (non-hydrogen) atoms. The third kappa shape index (κ3) is 4.87. The first kappa shape index (κ1) is 19.6. The fourth-order valence-corrected chi connectivity index (χ4v) is 2.47. The molecule has 0 saturated carbocycles. The Morgan fingerprint density at radius 3 is 2.24 bits per heavy atom. The maximum absolute atomic E-state index is 12.7. The molecule has 0 spiro atoms. The van der Waals surface area contributed by atoms with Crippen molar-refractivity contribution in [1.82, 2.24) is 5.32 Å². The largest absolute Gasteiger partial charge is 0.416 e. The normalized spacial score (nSPS) is 11.4. The van der Waals surface area contributed by atoms with Gasteiger partial charge in [-0.3, -0.25) is 4.79 Å². The Morgan fingerprint density at radius 1 is 1.08 bits per heavy atom. The number of hydrogen-bond donors (Lipinski definition) is 1. The van der Waals surface area contributed by atoms with E-state index < -0.39 is 17.6 Å². The summed E-state index contributed by atoms with van der Waals surface area (Å²) in [5, 5.41) is 3.56. The van der Waals surface area contributed by atoms with Gasteiger partial charge in [0.15, 0.2) is 0 Å². The standard InChI is InChI=1S/C17H15Cl2F3N2O/c1-23-8-9-24(13-6-7-14(18)15(19)10-13)16(25)11-2-4-12(5-3-11)17(20,21)22/h2-7,10,23H,8-9H2,1H3. The second kappa shape index (κ2) is 8.08. The van der Waals surface area contributed by atoms with Crippen LogP contribution in [0.3, 0.4) is 0 Å². The zero-order valence-corrected chi connectivity index (χ0v) is 14.7. The molecule has 0 unspecified atom stereocenters. The summed E-state index contributed by atoms with van der Waals surface area (Å²) in [6, 6.07) is 8.83. The van der Waals surface area contributed by atoms with Crippen LogP contribution in [0.1, 0.15) is 15.9 Å². The second-order valence-corrected chi connectivity index (χ2v) is 6.05. The van der Waals surface area contributed by atoms with Crippen LogP contribution in [0.2, 0.25) is 10.0 Å². The molecule has 0 radical (unpaired) electrons. The number of alkyl halides is 3. The van der Waals surface area contributed by atoms with Gasteiger partial charge in [-0.05, 0) is 49.5 Å². The van der Waals surface area contributed by atoms with Crippen LogP contribution < -0.4 is 10.2 Å². The Morgan fingerprint density at radius 2 is 1.72 bits per heavy atom. The van der Waals surface area contributed by atoms with E-state index in [0.717, 1.165) is 24.3 Å². The lowest BCUT2D eigenvalue weighted by molar-refractivity contribution is -0.137. The number of halogens is 5. The molecule has 3 nitrogen and oxygen atoms in total. The second-order valence-electron chi connectivity index (χ2n) is 5.23. The number of nitrogens with zero attached hydrogens (tertiary/aromatic N) is 1. The monoisotopic (exact) mass is 390 g/mol. The molecule has 2 rings (SSSR count). The lowest BCUT2D eigenvalue weighted by Crippen LogP contribution is -2.36. The van der Waals surface area contributed by atoms with Crippen LogP contribution in [0.4, 0.5) is 18.9 Å². The average Bonchev–Trinajstić information content (AvgIpc) is 2.57. The first-order valence-corrected chi connectivity index (χ1v) is 8.08. The summed E-state index contributed by atoms with van der Waals surface area (Å²) in [4.78, 5) is 14.2. The van der Waals surface area contributed by atoms with E-state index in [1.807, 2.05) is 0 Å². The van der Waals surface area contributed by atoms with Crippen LogP contribution in [0.5, 0.6) is 0 Å². The van der Waals surface area contributed by atoms with Crippen LogP contribution >= 0.6 is 23.2 Å². The van der Waals surface area contributed by atoms with Crippen LogP contribution in [0.15, 0.2) is 42.5 Å². The van der Waals surface area contributed by atoms with Crippen LogP contribution in [-0.4, -0.2) is 26.0 Å². The molecule has 0 saturated heterocycles. The Hall–Kier alpha value is -1.76. The fourth-order valence-electron chi connectivity index (χ4n) is 2.18. The van der Waals surface area contributed by atoms with Gasteiger partial charge in [-0.1, -0.05) is 23.2 Å². The highest BCUT2D eigenvalue weighted by Crippen LogP contribution is 2.30. The van der Waals surface area contributed by atoms with Gasteiger partial charge in [0, 0.05) is 24.3 Å². The van der Waals surface area contributed by atoms with Crippen molar-refractivity contribution in [1.29, 1.82) is 0 Å². The summed E-state index contributed by atoms with van der Waals surface area (Å²) in [6.07, 6.45) is -4.45. The molecular formula is C17H15Cl2F3N2O. The van der Waals surface area contributed by atoms with Crippen molar-refractivity contribution >= 4 is 34.8 Å². The van der Waals surface area contributed by atoms with Gasteiger partial charge in [0.05, 0.1) is 15.6 Å². The van der Waals surface area contributed by atoms with E-state index >= 15 is 0 Å². The van der Waals surface area contributed by atoms with Gasteiger partial charge in [0.2, 0.25) is 0 Å². The van der Waals surface area contributed by atoms with Crippen molar-refractivity contribution in [2.45, 2.75) is 6.18 Å². The van der Waals surface area contributed by atoms with Crippen molar-refractivity contribution in [3.05, 3.63) is 63.6 Å². The van der Waals surface area contributed by atoms with Crippen molar-refractivity contribution in [2.24, 2.45) is 0 Å². The smallest absolute Gasteiger partial charge is 0.318 e. The highest BCUT2D eigenvalue weighted by atomic mass is 35.5. The predicted molar refractivity (Wildman–Crippen MR) is 93.5 cm³/mol. The lowest BCUT2D eigenvalue weighted by Gasteiger charge is -2.23. The van der Waals surface area contributed by atoms with E-state index in [-0.39, 0.29) is 10.6 Å². The SMILES string of the molecule is CNCCN(C(=O)c1ccc(C(F)(F)F)cc1)c1ccc(Cl)c(Cl)c1. The number of anilines is 1. The summed E-state index contributed by atoms with van der Waals surface area (Å²) in [5.41, 5.74) is -0.148. The zero-order valence-electron chi connectivity index (χ0n) is 13.2. The minimum atomic E-state index is -4.45. The van der Waals surface area contributed by atoms with Gasteiger partial charge in [0.1, 0.15) is 0 Å². The molecule has 134 valence electrons. The fraction of sp³-hybridized carbons (Fsp3) is 0.235. The Balaban J connectivity index is 2.33. The van der Waals surface area contributed by atoms with E-state index in [1.165, 1.54) is 4.90 Å². The number of nitrogens with one attached hydrogen (secondary N) is 1. The minimum Gasteiger partial charge on any atom is -0.318 e. The average molecular weight is 391 g/mol. The number of benzene rings is 2. The molecule has 2 aromatic carbocycles. The molecule has 1 N–H and O–H groups in total. The minimum absolute atomic E-state index is 0.148. The first-order chi connectivity index (χ1) is 11.7. The molecule has 0 heterocycles. The number of carbonyl (C=O) groups is 1. The third-order valence-electron chi connectivity index (χ3n) is 3.50. The summed E-state index contributed by atoms with van der Waals surface area (Å²) in [7, 11) is 1.73. The Bertz CT molecular complexity index is 749. The van der Waals surface area contributed by atoms with Crippen LogP contribution in [0.25, 0.3) is 0 Å². The quantitative estimate of drug-likeness (QED) is 0.788. The molecular weight excluding hydrogens is 376 g/mol. The molecule has 0 bridgehead atoms. The van der Waals surface area contributed by atoms with Gasteiger partial charge in [-0.25, -0.2) is 0 Å². The van der Waals surface area contributed by atoms with E-state index in [2.05, 4.69) is 5.32 Å². The predicted octanol–water partition coefficient (Wildman–Crippen LogP) is 4.88. The van der Waals surface area contributed by atoms with Crippen molar-refractivity contribution in [2.75, 3.05) is 25.0 Å². The number of rotatable bonds is 5. The maximum Gasteiger partial charge on any atom is 0.416 e. The maximum atomic E-state index is 12.7. The number of carbonyl (C=O) groups excluding carboxylic acids is 1. The number of likely N-dealkylation sites (N-methyl/N-ethyl adjacent to an activating group) is 1. The summed E-state index contributed by atoms with van der Waals surface area (Å²) in [6.45, 7) is 0.806. The van der Waals surface area contributed by atoms with Crippen molar-refractivity contribution < 1.29 is 18.0 Å². The Labute approximate surface area is 153 Å². The van der Waals surface area contributed by atoms with E-state index in [4.69, 9.17) is 23.2 Å². The zero-order chi connectivity index (χ0) is 18.6. The highest BCUT2D eigenvalue weighted by Gasteiger charge is 2.30. The van der Waals surface area contributed by atoms with Crippen LogP contribution in [0, 0.1) is 0 Å². The molecule has 0 aromatic heterocycles.